The number of rotatable bonds is 5. The minimum absolute atomic E-state index is 0.112. The maximum atomic E-state index is 11.8. The summed E-state index contributed by atoms with van der Waals surface area (Å²) >= 11 is 1.54. The second kappa shape index (κ2) is 6.27. The largest absolute Gasteiger partial charge is 0.339 e. The summed E-state index contributed by atoms with van der Waals surface area (Å²) in [5.74, 6) is 0.909. The first kappa shape index (κ1) is 13.4. The second-order valence-corrected chi connectivity index (χ2v) is 5.23. The summed E-state index contributed by atoms with van der Waals surface area (Å²) in [4.78, 5) is 20.9. The molecule has 3 aromatic rings. The fraction of sp³-hybridized carbons (Fsp3) is 0.143. The minimum atomic E-state index is -0.112. The average Bonchev–Trinajstić information content (AvgIpc) is 3.17. The van der Waals surface area contributed by atoms with Crippen molar-refractivity contribution in [3.63, 3.8) is 0 Å². The molecule has 1 N–H and O–H groups in total. The number of anilines is 1. The third-order valence-electron chi connectivity index (χ3n) is 2.72. The van der Waals surface area contributed by atoms with Crippen LogP contribution in [0.25, 0.3) is 10.7 Å². The number of amides is 1. The van der Waals surface area contributed by atoms with Crippen LogP contribution in [0.4, 0.5) is 5.69 Å². The number of aryl methyl sites for hydroxylation is 1. The van der Waals surface area contributed by atoms with E-state index in [0.29, 0.717) is 23.8 Å². The number of hydrogen-bond acceptors (Lipinski definition) is 6. The van der Waals surface area contributed by atoms with Crippen molar-refractivity contribution >= 4 is 22.9 Å². The minimum Gasteiger partial charge on any atom is -0.339 e. The number of pyridine rings is 1. The zero-order valence-electron chi connectivity index (χ0n) is 11.0. The number of aromatic nitrogens is 3. The van der Waals surface area contributed by atoms with E-state index in [0.717, 1.165) is 4.88 Å². The van der Waals surface area contributed by atoms with Crippen molar-refractivity contribution < 1.29 is 9.32 Å². The van der Waals surface area contributed by atoms with Gasteiger partial charge in [-0.15, -0.1) is 11.3 Å². The molecule has 0 aromatic carbocycles. The van der Waals surface area contributed by atoms with Crippen LogP contribution in [-0.2, 0) is 11.2 Å². The molecule has 3 heterocycles. The number of hydrogen-bond donors (Lipinski definition) is 1. The van der Waals surface area contributed by atoms with Crippen LogP contribution in [0.2, 0.25) is 0 Å². The monoisotopic (exact) mass is 300 g/mol. The van der Waals surface area contributed by atoms with Crippen LogP contribution in [0.5, 0.6) is 0 Å². The highest BCUT2D eigenvalue weighted by Crippen LogP contribution is 2.21. The molecule has 0 unspecified atom stereocenters. The van der Waals surface area contributed by atoms with Gasteiger partial charge in [-0.25, -0.2) is 0 Å². The van der Waals surface area contributed by atoms with E-state index in [-0.39, 0.29) is 12.3 Å². The van der Waals surface area contributed by atoms with E-state index in [4.69, 9.17) is 4.52 Å². The Balaban J connectivity index is 1.54. The van der Waals surface area contributed by atoms with E-state index >= 15 is 0 Å². The van der Waals surface area contributed by atoms with Crippen molar-refractivity contribution in [2.45, 2.75) is 12.8 Å². The molecule has 0 saturated carbocycles. The Morgan fingerprint density at radius 3 is 3.05 bits per heavy atom. The van der Waals surface area contributed by atoms with Crippen LogP contribution in [0, 0.1) is 0 Å². The first-order chi connectivity index (χ1) is 10.3. The molecular formula is C14H12N4O2S. The molecule has 0 saturated heterocycles. The number of thiophene rings is 1. The summed E-state index contributed by atoms with van der Waals surface area (Å²) in [6.07, 6.45) is 3.94. The molecule has 0 atom stereocenters. The van der Waals surface area contributed by atoms with Crippen LogP contribution < -0.4 is 5.32 Å². The molecule has 1 amide bonds. The van der Waals surface area contributed by atoms with Gasteiger partial charge in [0.25, 0.3) is 0 Å². The molecule has 0 aliphatic carbocycles. The van der Waals surface area contributed by atoms with Gasteiger partial charge in [0.1, 0.15) is 0 Å². The first-order valence-corrected chi connectivity index (χ1v) is 7.25. The van der Waals surface area contributed by atoms with E-state index < -0.39 is 0 Å². The highest BCUT2D eigenvalue weighted by molar-refractivity contribution is 7.13. The standard InChI is InChI=1S/C14H12N4O2S/c19-12(16-10-3-1-7-15-9-10)5-6-13-17-14(18-20-13)11-4-2-8-21-11/h1-4,7-9H,5-6H2,(H,16,19). The Kier molecular flexibility index (Phi) is 4.02. The van der Waals surface area contributed by atoms with Crippen molar-refractivity contribution in [1.29, 1.82) is 0 Å². The average molecular weight is 300 g/mol. The van der Waals surface area contributed by atoms with Gasteiger partial charge < -0.3 is 9.84 Å². The predicted octanol–water partition coefficient (Wildman–Crippen LogP) is 2.76. The summed E-state index contributed by atoms with van der Waals surface area (Å²) in [5, 5.41) is 8.61. The van der Waals surface area contributed by atoms with Crippen molar-refractivity contribution in [3.8, 4) is 10.7 Å². The van der Waals surface area contributed by atoms with Crippen LogP contribution in [-0.4, -0.2) is 21.0 Å². The van der Waals surface area contributed by atoms with Gasteiger partial charge in [-0.3, -0.25) is 9.78 Å². The second-order valence-electron chi connectivity index (χ2n) is 4.28. The highest BCUT2D eigenvalue weighted by Gasteiger charge is 2.11. The number of carbonyl (C=O) groups excluding carboxylic acids is 1. The Labute approximate surface area is 124 Å². The summed E-state index contributed by atoms with van der Waals surface area (Å²) in [5.41, 5.74) is 0.673. The van der Waals surface area contributed by atoms with Gasteiger partial charge in [0.15, 0.2) is 0 Å². The molecule has 0 spiro atoms. The van der Waals surface area contributed by atoms with Crippen molar-refractivity contribution in [1.82, 2.24) is 15.1 Å². The lowest BCUT2D eigenvalue weighted by Gasteiger charge is -2.02. The van der Waals surface area contributed by atoms with E-state index in [9.17, 15) is 4.79 Å². The molecule has 0 bridgehead atoms. The fourth-order valence-electron chi connectivity index (χ4n) is 1.74. The molecule has 0 aliphatic rings. The smallest absolute Gasteiger partial charge is 0.227 e. The lowest BCUT2D eigenvalue weighted by Crippen LogP contribution is -2.12. The zero-order valence-corrected chi connectivity index (χ0v) is 11.8. The molecule has 106 valence electrons. The molecule has 6 nitrogen and oxygen atoms in total. The van der Waals surface area contributed by atoms with Crippen molar-refractivity contribution in [3.05, 3.63) is 47.9 Å². The van der Waals surface area contributed by atoms with Crippen LogP contribution in [0.3, 0.4) is 0 Å². The van der Waals surface area contributed by atoms with Gasteiger partial charge in [-0.1, -0.05) is 11.2 Å². The predicted molar refractivity (Wildman–Crippen MR) is 78.8 cm³/mol. The van der Waals surface area contributed by atoms with Crippen LogP contribution in [0.1, 0.15) is 12.3 Å². The Bertz CT molecular complexity index is 710. The Morgan fingerprint density at radius 1 is 1.33 bits per heavy atom. The molecule has 0 fully saturated rings. The van der Waals surface area contributed by atoms with Crippen LogP contribution >= 0.6 is 11.3 Å². The SMILES string of the molecule is O=C(CCc1nc(-c2cccs2)no1)Nc1cccnc1. The maximum Gasteiger partial charge on any atom is 0.227 e. The molecule has 21 heavy (non-hydrogen) atoms. The summed E-state index contributed by atoms with van der Waals surface area (Å²) in [6.45, 7) is 0. The Hall–Kier alpha value is -2.54. The first-order valence-electron chi connectivity index (χ1n) is 6.37. The zero-order chi connectivity index (χ0) is 14.5. The van der Waals surface area contributed by atoms with E-state index in [2.05, 4.69) is 20.4 Å². The normalized spacial score (nSPS) is 10.5. The van der Waals surface area contributed by atoms with Gasteiger partial charge >= 0.3 is 0 Å². The van der Waals surface area contributed by atoms with E-state index in [1.54, 1.807) is 35.9 Å². The van der Waals surface area contributed by atoms with Gasteiger partial charge in [0.05, 0.1) is 16.8 Å². The fourth-order valence-corrected chi connectivity index (χ4v) is 2.39. The number of carbonyl (C=O) groups is 1. The van der Waals surface area contributed by atoms with Gasteiger partial charge in [0.2, 0.25) is 17.6 Å². The molecular weight excluding hydrogens is 288 g/mol. The van der Waals surface area contributed by atoms with Crippen molar-refractivity contribution in [2.24, 2.45) is 0 Å². The molecule has 3 aromatic heterocycles. The summed E-state index contributed by atoms with van der Waals surface area (Å²) in [6, 6.07) is 7.40. The van der Waals surface area contributed by atoms with Gasteiger partial charge in [0, 0.05) is 19.0 Å². The lowest BCUT2D eigenvalue weighted by atomic mass is 10.3. The third kappa shape index (κ3) is 3.51. The summed E-state index contributed by atoms with van der Waals surface area (Å²) in [7, 11) is 0. The quantitative estimate of drug-likeness (QED) is 0.783. The third-order valence-corrected chi connectivity index (χ3v) is 3.59. The van der Waals surface area contributed by atoms with Crippen molar-refractivity contribution in [2.75, 3.05) is 5.32 Å². The van der Waals surface area contributed by atoms with Gasteiger partial charge in [-0.2, -0.15) is 4.98 Å². The number of nitrogens with zero attached hydrogens (tertiary/aromatic N) is 3. The highest BCUT2D eigenvalue weighted by atomic mass is 32.1. The lowest BCUT2D eigenvalue weighted by molar-refractivity contribution is -0.116. The van der Waals surface area contributed by atoms with Gasteiger partial charge in [-0.05, 0) is 23.6 Å². The molecule has 0 radical (unpaired) electrons. The van der Waals surface area contributed by atoms with E-state index in [1.165, 1.54) is 0 Å². The van der Waals surface area contributed by atoms with E-state index in [1.807, 2.05) is 17.5 Å². The topological polar surface area (TPSA) is 80.9 Å². The molecule has 0 aliphatic heterocycles. The molecule has 7 heteroatoms. The maximum absolute atomic E-state index is 11.8. The Morgan fingerprint density at radius 2 is 2.29 bits per heavy atom. The number of nitrogens with one attached hydrogen (secondary N) is 1. The summed E-state index contributed by atoms with van der Waals surface area (Å²) < 4.78 is 5.14. The molecule has 3 rings (SSSR count). The van der Waals surface area contributed by atoms with Crippen LogP contribution in [0.15, 0.2) is 46.6 Å².